The summed E-state index contributed by atoms with van der Waals surface area (Å²) >= 11 is 11.5. The van der Waals surface area contributed by atoms with Crippen LogP contribution in [0.25, 0.3) is 0 Å². The molecule has 1 N–H and O–H groups in total. The van der Waals surface area contributed by atoms with Gasteiger partial charge >= 0.3 is 5.97 Å². The number of halogens is 2. The molecule has 1 unspecified atom stereocenters. The number of nitrogens with zero attached hydrogens (tertiary/aromatic N) is 2. The number of nitrogens with one attached hydrogen (secondary N) is 1. The lowest BCUT2D eigenvalue weighted by Crippen LogP contribution is -2.56. The van der Waals surface area contributed by atoms with Gasteiger partial charge in [-0.1, -0.05) is 90.6 Å². The van der Waals surface area contributed by atoms with E-state index in [1.165, 1.54) is 5.01 Å². The van der Waals surface area contributed by atoms with Gasteiger partial charge in [0.05, 0.1) is 18.6 Å². The van der Waals surface area contributed by atoms with Gasteiger partial charge in [-0.2, -0.15) is 5.26 Å². The summed E-state index contributed by atoms with van der Waals surface area (Å²) in [5.41, 5.74) is 6.17. The predicted molar refractivity (Wildman–Crippen MR) is 215 cm³/mol. The number of allylic oxidation sites excluding steroid dienone is 1. The Morgan fingerprint density at radius 1 is 0.891 bits per heavy atom. The van der Waals surface area contributed by atoms with E-state index in [1.807, 2.05) is 110 Å². The van der Waals surface area contributed by atoms with Gasteiger partial charge in [0.2, 0.25) is 6.10 Å². The maximum atomic E-state index is 13.2. The minimum Gasteiger partial charge on any atom is -0.496 e. The molecule has 4 aromatic rings. The number of benzene rings is 4. The van der Waals surface area contributed by atoms with Crippen LogP contribution >= 0.6 is 23.2 Å². The van der Waals surface area contributed by atoms with E-state index in [4.69, 9.17) is 37.4 Å². The van der Waals surface area contributed by atoms with Crippen LogP contribution in [0.3, 0.4) is 0 Å². The number of ether oxygens (including phenoxy) is 3. The fourth-order valence-electron chi connectivity index (χ4n) is 6.29. The van der Waals surface area contributed by atoms with E-state index < -0.39 is 17.6 Å². The number of hydrogen-bond acceptors (Lipinski definition) is 7. The lowest BCUT2D eigenvalue weighted by Gasteiger charge is -2.35. The van der Waals surface area contributed by atoms with E-state index >= 15 is 0 Å². The summed E-state index contributed by atoms with van der Waals surface area (Å²) in [7, 11) is 1.56. The van der Waals surface area contributed by atoms with Crippen LogP contribution in [0, 0.1) is 49.4 Å². The highest BCUT2D eigenvalue weighted by Crippen LogP contribution is 2.60. The summed E-state index contributed by atoms with van der Waals surface area (Å²) in [6.45, 7) is 15.2. The van der Waals surface area contributed by atoms with Crippen LogP contribution in [0.5, 0.6) is 17.2 Å². The molecule has 1 aliphatic carbocycles. The molecule has 0 spiro atoms. The van der Waals surface area contributed by atoms with E-state index in [1.54, 1.807) is 55.7 Å². The lowest BCUT2D eigenvalue weighted by molar-refractivity contribution is -0.149. The average molecular weight is 785 g/mol. The number of rotatable bonds is 9. The molecule has 0 aromatic heterocycles. The maximum Gasteiger partial charge on any atom is 0.311 e. The van der Waals surface area contributed by atoms with Gasteiger partial charge in [-0.15, -0.1) is 0 Å². The summed E-state index contributed by atoms with van der Waals surface area (Å²) in [6.07, 6.45) is 0.615. The van der Waals surface area contributed by atoms with Crippen molar-refractivity contribution in [1.82, 2.24) is 10.4 Å². The molecule has 9 nitrogen and oxygen atoms in total. The zero-order valence-corrected chi connectivity index (χ0v) is 34.1. The predicted octanol–water partition coefficient (Wildman–Crippen LogP) is 10.4. The molecule has 2 amide bonds. The second kappa shape index (κ2) is 17.9. The molecular formula is C44H47Cl2N3O6. The normalized spacial score (nSPS) is 15.8. The number of methoxy groups -OCH3 is 1. The number of carbonyl (C=O) groups is 3. The van der Waals surface area contributed by atoms with E-state index in [0.29, 0.717) is 33.9 Å². The standard InChI is InChI=1S/C22H19Cl2NO3.C22H28N2O3/c1-22(2)17(12-19(23)24)20(22)21(26)28-18(13-25)14-7-6-10-16(11-14)27-15-8-4-3-5-9-15;1-14-11-15(2)13-17(12-14)21(26)24(22(4,5)6)23-20(25)18-9-8-10-19(27-7)16(18)3/h3-12,17-18,20H,1-2H3;8-13H,1-7H3,(H,23,25)/t17-,18?,20+;/m1./s1. The van der Waals surface area contributed by atoms with Crippen molar-refractivity contribution in [3.8, 4) is 23.3 Å². The van der Waals surface area contributed by atoms with Gasteiger partial charge in [0, 0.05) is 22.3 Å². The molecule has 55 heavy (non-hydrogen) atoms. The van der Waals surface area contributed by atoms with Crippen LogP contribution in [0.15, 0.2) is 102 Å². The first kappa shape index (κ1) is 42.4. The molecule has 1 fully saturated rings. The molecule has 0 bridgehead atoms. The van der Waals surface area contributed by atoms with Crippen molar-refractivity contribution in [2.24, 2.45) is 17.3 Å². The Labute approximate surface area is 333 Å². The third-order valence-corrected chi connectivity index (χ3v) is 9.52. The van der Waals surface area contributed by atoms with Crippen LogP contribution < -0.4 is 14.9 Å². The van der Waals surface area contributed by atoms with Gasteiger partial charge in [-0.05, 0) is 107 Å². The fraction of sp³-hybridized carbons (Fsp3) is 0.318. The Morgan fingerprint density at radius 2 is 1.51 bits per heavy atom. The number of esters is 1. The van der Waals surface area contributed by atoms with Crippen LogP contribution in [0.2, 0.25) is 0 Å². The first-order valence-electron chi connectivity index (χ1n) is 17.7. The van der Waals surface area contributed by atoms with Crippen molar-refractivity contribution in [2.45, 2.75) is 67.0 Å². The second-order valence-electron chi connectivity index (χ2n) is 15.0. The maximum absolute atomic E-state index is 13.2. The Morgan fingerprint density at radius 3 is 2.09 bits per heavy atom. The van der Waals surface area contributed by atoms with Gasteiger partial charge < -0.3 is 14.2 Å². The molecule has 4 aromatic carbocycles. The average Bonchev–Trinajstić information content (AvgIpc) is 3.66. The third kappa shape index (κ3) is 10.9. The number of hydrazine groups is 1. The second-order valence-corrected chi connectivity index (χ2v) is 16.0. The highest BCUT2D eigenvalue weighted by atomic mass is 35.5. The Bertz CT molecular complexity index is 2080. The number of hydrogen-bond donors (Lipinski definition) is 1. The number of para-hydroxylation sites is 1. The van der Waals surface area contributed by atoms with E-state index in [9.17, 15) is 19.6 Å². The molecule has 288 valence electrons. The SMILES string of the molecule is CC1(C)[C@H](C=C(Cl)Cl)[C@H]1C(=O)OC(C#N)c1cccc(Oc2ccccc2)c1.COc1cccc(C(=O)NN(C(=O)c2cc(C)cc(C)c2)C(C)(C)C)c1C. The summed E-state index contributed by atoms with van der Waals surface area (Å²) in [5.74, 6) is 0.324. The quantitative estimate of drug-likeness (QED) is 0.133. The van der Waals surface area contributed by atoms with Crippen molar-refractivity contribution in [3.63, 3.8) is 0 Å². The van der Waals surface area contributed by atoms with Crippen LogP contribution in [0.1, 0.15) is 83.7 Å². The Kier molecular flexibility index (Phi) is 13.8. The van der Waals surface area contributed by atoms with Gasteiger partial charge in [-0.25, -0.2) is 5.01 Å². The van der Waals surface area contributed by atoms with E-state index in [2.05, 4.69) is 5.43 Å². The largest absolute Gasteiger partial charge is 0.496 e. The van der Waals surface area contributed by atoms with Gasteiger partial charge in [-0.3, -0.25) is 19.8 Å². The van der Waals surface area contributed by atoms with Crippen molar-refractivity contribution in [1.29, 1.82) is 5.26 Å². The van der Waals surface area contributed by atoms with E-state index in [-0.39, 0.29) is 33.6 Å². The molecule has 0 radical (unpaired) electrons. The van der Waals surface area contributed by atoms with Crippen molar-refractivity contribution in [2.75, 3.05) is 7.11 Å². The topological polar surface area (TPSA) is 118 Å². The molecule has 3 atom stereocenters. The van der Waals surface area contributed by atoms with Crippen molar-refractivity contribution >= 4 is 41.0 Å². The lowest BCUT2D eigenvalue weighted by atomic mass is 10.0. The molecule has 1 aliphatic rings. The van der Waals surface area contributed by atoms with Crippen LogP contribution in [-0.2, 0) is 9.53 Å². The molecule has 1 saturated carbocycles. The zero-order valence-electron chi connectivity index (χ0n) is 32.6. The smallest absolute Gasteiger partial charge is 0.311 e. The molecule has 0 saturated heterocycles. The van der Waals surface area contributed by atoms with Gasteiger partial charge in [0.1, 0.15) is 27.8 Å². The minimum atomic E-state index is -1.03. The Balaban J connectivity index is 0.000000245. The first-order chi connectivity index (χ1) is 25.9. The summed E-state index contributed by atoms with van der Waals surface area (Å²) in [6, 6.07) is 29.2. The van der Waals surface area contributed by atoms with Crippen molar-refractivity contribution in [3.05, 3.63) is 135 Å². The molecule has 5 rings (SSSR count). The summed E-state index contributed by atoms with van der Waals surface area (Å²) in [5, 5.41) is 10.9. The number of aryl methyl sites for hydroxylation is 2. The summed E-state index contributed by atoms with van der Waals surface area (Å²) in [4.78, 5) is 38.7. The molecule has 11 heteroatoms. The minimum absolute atomic E-state index is 0.114. The van der Waals surface area contributed by atoms with Crippen molar-refractivity contribution < 1.29 is 28.6 Å². The first-order valence-corrected chi connectivity index (χ1v) is 18.5. The van der Waals surface area contributed by atoms with Crippen LogP contribution in [0.4, 0.5) is 0 Å². The fourth-order valence-corrected chi connectivity index (χ4v) is 6.56. The Hall–Kier alpha value is -5.30. The van der Waals surface area contributed by atoms with Gasteiger partial charge in [0.15, 0.2) is 0 Å². The third-order valence-electron chi connectivity index (χ3n) is 9.27. The number of carbonyl (C=O) groups excluding carboxylic acids is 3. The highest BCUT2D eigenvalue weighted by molar-refractivity contribution is 6.55. The highest BCUT2D eigenvalue weighted by Gasteiger charge is 2.62. The molecule has 0 heterocycles. The number of amides is 2. The van der Waals surface area contributed by atoms with E-state index in [0.717, 1.165) is 16.7 Å². The zero-order chi connectivity index (χ0) is 40.7. The monoisotopic (exact) mass is 783 g/mol. The van der Waals surface area contributed by atoms with Gasteiger partial charge in [0.25, 0.3) is 11.8 Å². The number of nitriles is 1. The molecular weight excluding hydrogens is 737 g/mol. The summed E-state index contributed by atoms with van der Waals surface area (Å²) < 4.78 is 16.7. The van der Waals surface area contributed by atoms with Crippen LogP contribution in [-0.4, -0.2) is 35.4 Å². The molecule has 0 aliphatic heterocycles.